The smallest absolute Gasteiger partial charge is 0.194 e. The predicted molar refractivity (Wildman–Crippen MR) is 97.3 cm³/mol. The van der Waals surface area contributed by atoms with Crippen LogP contribution in [0, 0.1) is 5.41 Å². The molecule has 1 aromatic carbocycles. The summed E-state index contributed by atoms with van der Waals surface area (Å²) < 4.78 is 5.47. The Balaban J connectivity index is 2.02. The van der Waals surface area contributed by atoms with E-state index in [1.165, 1.54) is 5.56 Å². The van der Waals surface area contributed by atoms with E-state index in [4.69, 9.17) is 4.74 Å². The number of benzene rings is 1. The lowest BCUT2D eigenvalue weighted by atomic mass is 9.65. The minimum atomic E-state index is 0.114. The second-order valence-corrected chi connectivity index (χ2v) is 7.60. The summed E-state index contributed by atoms with van der Waals surface area (Å²) in [5, 5.41) is 3.53. The fourth-order valence-electron chi connectivity index (χ4n) is 3.12. The first kappa shape index (κ1) is 17.6. The quantitative estimate of drug-likeness (QED) is 0.682. The average Bonchev–Trinajstić information content (AvgIpc) is 2.53. The average molecular weight is 317 g/mol. The van der Waals surface area contributed by atoms with E-state index in [0.29, 0.717) is 11.3 Å². The second kappa shape index (κ2) is 6.42. The molecule has 1 N–H and O–H groups in total. The molecule has 0 amide bonds. The van der Waals surface area contributed by atoms with E-state index in [1.807, 2.05) is 19.2 Å². The van der Waals surface area contributed by atoms with Crippen molar-refractivity contribution in [1.29, 1.82) is 0 Å². The Morgan fingerprint density at radius 3 is 2.48 bits per heavy atom. The Bertz CT molecular complexity index is 578. The van der Waals surface area contributed by atoms with E-state index in [2.05, 4.69) is 62.0 Å². The minimum absolute atomic E-state index is 0.114. The third-order valence-corrected chi connectivity index (χ3v) is 5.59. The molecule has 1 aliphatic rings. The summed E-state index contributed by atoms with van der Waals surface area (Å²) in [6.07, 6.45) is 0. The van der Waals surface area contributed by atoms with Crippen molar-refractivity contribution < 1.29 is 4.74 Å². The normalized spacial score (nSPS) is 20.7. The highest BCUT2D eigenvalue weighted by Crippen LogP contribution is 2.46. The molecule has 23 heavy (non-hydrogen) atoms. The molecule has 0 aliphatic carbocycles. The molecule has 1 unspecified atom stereocenters. The van der Waals surface area contributed by atoms with Gasteiger partial charge in [0.15, 0.2) is 5.96 Å². The number of hydrogen-bond donors (Lipinski definition) is 1. The molecule has 1 atom stereocenters. The van der Waals surface area contributed by atoms with Gasteiger partial charge in [0.25, 0.3) is 0 Å². The molecule has 1 saturated heterocycles. The van der Waals surface area contributed by atoms with Crippen LogP contribution < -0.4 is 10.1 Å². The number of ether oxygens (including phenoxy) is 1. The van der Waals surface area contributed by atoms with Gasteiger partial charge in [-0.1, -0.05) is 39.0 Å². The minimum Gasteiger partial charge on any atom is -0.496 e. The Labute approximate surface area is 140 Å². The monoisotopic (exact) mass is 317 g/mol. The Kier molecular flexibility index (Phi) is 4.92. The van der Waals surface area contributed by atoms with Crippen molar-refractivity contribution in [2.45, 2.75) is 46.1 Å². The molecular formula is C19H31N3O. The van der Waals surface area contributed by atoms with Gasteiger partial charge >= 0.3 is 0 Å². The van der Waals surface area contributed by atoms with Crippen LogP contribution in [0.2, 0.25) is 0 Å². The highest BCUT2D eigenvalue weighted by molar-refractivity contribution is 5.82. The van der Waals surface area contributed by atoms with Gasteiger partial charge < -0.3 is 15.0 Å². The first-order valence-electron chi connectivity index (χ1n) is 8.36. The van der Waals surface area contributed by atoms with Crippen molar-refractivity contribution in [1.82, 2.24) is 10.2 Å². The molecular weight excluding hydrogens is 286 g/mol. The molecule has 4 heteroatoms. The summed E-state index contributed by atoms with van der Waals surface area (Å²) in [6, 6.07) is 8.21. The van der Waals surface area contributed by atoms with Crippen LogP contribution in [0.25, 0.3) is 0 Å². The second-order valence-electron chi connectivity index (χ2n) is 7.60. The molecule has 128 valence electrons. The lowest BCUT2D eigenvalue weighted by Gasteiger charge is -2.62. The zero-order valence-corrected chi connectivity index (χ0v) is 15.6. The van der Waals surface area contributed by atoms with Crippen LogP contribution in [0.5, 0.6) is 5.75 Å². The summed E-state index contributed by atoms with van der Waals surface area (Å²) in [5.41, 5.74) is 1.64. The third kappa shape index (κ3) is 3.17. The van der Waals surface area contributed by atoms with Gasteiger partial charge in [-0.15, -0.1) is 0 Å². The lowest BCUT2D eigenvalue weighted by molar-refractivity contribution is -0.0667. The van der Waals surface area contributed by atoms with Crippen LogP contribution >= 0.6 is 0 Å². The van der Waals surface area contributed by atoms with Gasteiger partial charge in [0, 0.05) is 37.0 Å². The highest BCUT2D eigenvalue weighted by Gasteiger charge is 2.53. The number of nitrogens with one attached hydrogen (secondary N) is 1. The molecule has 1 aliphatic heterocycles. The van der Waals surface area contributed by atoms with Crippen molar-refractivity contribution in [2.24, 2.45) is 10.4 Å². The van der Waals surface area contributed by atoms with E-state index in [-0.39, 0.29) is 5.54 Å². The Morgan fingerprint density at radius 2 is 1.96 bits per heavy atom. The number of para-hydroxylation sites is 1. The zero-order chi connectivity index (χ0) is 17.3. The molecule has 0 bridgehead atoms. The van der Waals surface area contributed by atoms with Gasteiger partial charge in [-0.25, -0.2) is 0 Å². The molecule has 1 heterocycles. The zero-order valence-electron chi connectivity index (χ0n) is 15.6. The molecule has 1 aromatic rings. The van der Waals surface area contributed by atoms with E-state index >= 15 is 0 Å². The summed E-state index contributed by atoms with van der Waals surface area (Å²) in [5.74, 6) is 2.28. The molecule has 2 rings (SSSR count). The number of hydrogen-bond acceptors (Lipinski definition) is 2. The number of methoxy groups -OCH3 is 1. The topological polar surface area (TPSA) is 36.9 Å². The SMILES string of the molecule is CN=C(NCC(C)c1ccccc1OC)N1CC(C)(C)C1(C)C. The van der Waals surface area contributed by atoms with E-state index in [0.717, 1.165) is 24.8 Å². The van der Waals surface area contributed by atoms with Gasteiger partial charge in [-0.3, -0.25) is 4.99 Å². The van der Waals surface area contributed by atoms with Gasteiger partial charge in [0.1, 0.15) is 5.75 Å². The molecule has 0 saturated carbocycles. The van der Waals surface area contributed by atoms with Crippen LogP contribution in [-0.2, 0) is 0 Å². The largest absolute Gasteiger partial charge is 0.496 e. The summed E-state index contributed by atoms with van der Waals surface area (Å²) >= 11 is 0. The molecule has 0 aromatic heterocycles. The lowest BCUT2D eigenvalue weighted by Crippen LogP contribution is -2.72. The van der Waals surface area contributed by atoms with Gasteiger partial charge in [0.2, 0.25) is 0 Å². The maximum atomic E-state index is 5.47. The predicted octanol–water partition coefficient (Wildman–Crippen LogP) is 3.49. The van der Waals surface area contributed by atoms with Gasteiger partial charge in [0.05, 0.1) is 7.11 Å². The van der Waals surface area contributed by atoms with Crippen LogP contribution in [-0.4, -0.2) is 43.6 Å². The van der Waals surface area contributed by atoms with Crippen molar-refractivity contribution in [3.8, 4) is 5.75 Å². The van der Waals surface area contributed by atoms with Crippen LogP contribution in [0.1, 0.15) is 46.1 Å². The van der Waals surface area contributed by atoms with Crippen LogP contribution in [0.15, 0.2) is 29.3 Å². The Morgan fingerprint density at radius 1 is 1.30 bits per heavy atom. The summed E-state index contributed by atoms with van der Waals surface area (Å²) in [4.78, 5) is 6.84. The maximum Gasteiger partial charge on any atom is 0.194 e. The standard InChI is InChI=1S/C19H31N3O/c1-14(15-10-8-9-11-16(15)23-7)12-21-17(20-6)22-13-18(2,3)19(22,4)5/h8-11,14H,12-13H2,1-7H3,(H,20,21). The number of guanidine groups is 1. The molecule has 0 spiro atoms. The number of aliphatic imine (C=N–C) groups is 1. The van der Waals surface area contributed by atoms with Crippen molar-refractivity contribution >= 4 is 5.96 Å². The number of rotatable bonds is 4. The molecule has 4 nitrogen and oxygen atoms in total. The third-order valence-electron chi connectivity index (χ3n) is 5.59. The summed E-state index contributed by atoms with van der Waals surface area (Å²) in [7, 11) is 3.58. The van der Waals surface area contributed by atoms with Gasteiger partial charge in [-0.2, -0.15) is 0 Å². The van der Waals surface area contributed by atoms with Crippen LogP contribution in [0.4, 0.5) is 0 Å². The van der Waals surface area contributed by atoms with E-state index in [1.54, 1.807) is 7.11 Å². The number of nitrogens with zero attached hydrogens (tertiary/aromatic N) is 2. The van der Waals surface area contributed by atoms with Crippen molar-refractivity contribution in [2.75, 3.05) is 27.2 Å². The fourth-order valence-corrected chi connectivity index (χ4v) is 3.12. The molecule has 1 fully saturated rings. The van der Waals surface area contributed by atoms with Crippen molar-refractivity contribution in [3.63, 3.8) is 0 Å². The maximum absolute atomic E-state index is 5.47. The van der Waals surface area contributed by atoms with E-state index < -0.39 is 0 Å². The first-order valence-corrected chi connectivity index (χ1v) is 8.36. The van der Waals surface area contributed by atoms with E-state index in [9.17, 15) is 0 Å². The highest BCUT2D eigenvalue weighted by atomic mass is 16.5. The summed E-state index contributed by atoms with van der Waals surface area (Å²) in [6.45, 7) is 13.3. The van der Waals surface area contributed by atoms with Crippen molar-refractivity contribution in [3.05, 3.63) is 29.8 Å². The number of likely N-dealkylation sites (tertiary alicyclic amines) is 1. The van der Waals surface area contributed by atoms with Gasteiger partial charge in [-0.05, 0) is 25.5 Å². The van der Waals surface area contributed by atoms with Crippen LogP contribution in [0.3, 0.4) is 0 Å². The molecule has 0 radical (unpaired) electrons. The first-order chi connectivity index (χ1) is 10.7. The fraction of sp³-hybridized carbons (Fsp3) is 0.632. The Hall–Kier alpha value is -1.71.